The normalized spacial score (nSPS) is 10.3. The van der Waals surface area contributed by atoms with Crippen molar-refractivity contribution in [2.45, 2.75) is 13.8 Å². The first kappa shape index (κ1) is 11.8. The molecule has 2 aromatic carbocycles. The first-order valence-electron chi connectivity index (χ1n) is 5.46. The van der Waals surface area contributed by atoms with Crippen LogP contribution in [0.15, 0.2) is 36.4 Å². The van der Waals surface area contributed by atoms with Crippen molar-refractivity contribution < 1.29 is 0 Å². The van der Waals surface area contributed by atoms with Crippen molar-refractivity contribution in [1.82, 2.24) is 0 Å². The SMILES string of the molecule is Cc1cccc(Nc2ccc(N)cc2Cl)c1C. The average molecular weight is 247 g/mol. The predicted octanol–water partition coefficient (Wildman–Crippen LogP) is 4.28. The minimum atomic E-state index is 0.630. The van der Waals surface area contributed by atoms with Crippen LogP contribution in [-0.2, 0) is 0 Å². The Balaban J connectivity index is 2.35. The molecule has 0 aromatic heterocycles. The van der Waals surface area contributed by atoms with Gasteiger partial charge in [-0.2, -0.15) is 0 Å². The fourth-order valence-corrected chi connectivity index (χ4v) is 1.90. The van der Waals surface area contributed by atoms with E-state index in [1.807, 2.05) is 24.3 Å². The van der Waals surface area contributed by atoms with Crippen LogP contribution in [0.2, 0.25) is 5.02 Å². The lowest BCUT2D eigenvalue weighted by atomic mass is 10.1. The lowest BCUT2D eigenvalue weighted by Crippen LogP contribution is -1.96. The molecule has 0 unspecified atom stereocenters. The highest BCUT2D eigenvalue weighted by Gasteiger charge is 2.04. The smallest absolute Gasteiger partial charge is 0.0661 e. The van der Waals surface area contributed by atoms with Crippen molar-refractivity contribution in [2.24, 2.45) is 0 Å². The van der Waals surface area contributed by atoms with Gasteiger partial charge in [-0.3, -0.25) is 0 Å². The lowest BCUT2D eigenvalue weighted by Gasteiger charge is -2.12. The van der Waals surface area contributed by atoms with Crippen LogP contribution in [0, 0.1) is 13.8 Å². The minimum absolute atomic E-state index is 0.630. The molecule has 0 bridgehead atoms. The molecule has 2 nitrogen and oxygen atoms in total. The Morgan fingerprint density at radius 1 is 1.06 bits per heavy atom. The number of anilines is 3. The number of halogens is 1. The first-order valence-corrected chi connectivity index (χ1v) is 5.84. The second-order valence-corrected chi connectivity index (χ2v) is 4.52. The summed E-state index contributed by atoms with van der Waals surface area (Å²) in [6, 6.07) is 11.6. The largest absolute Gasteiger partial charge is 0.399 e. The van der Waals surface area contributed by atoms with Gasteiger partial charge in [0.2, 0.25) is 0 Å². The van der Waals surface area contributed by atoms with Gasteiger partial charge in [-0.15, -0.1) is 0 Å². The van der Waals surface area contributed by atoms with Crippen LogP contribution >= 0.6 is 11.6 Å². The van der Waals surface area contributed by atoms with Crippen molar-refractivity contribution >= 4 is 28.7 Å². The van der Waals surface area contributed by atoms with Crippen molar-refractivity contribution in [3.63, 3.8) is 0 Å². The van der Waals surface area contributed by atoms with E-state index in [0.29, 0.717) is 10.7 Å². The lowest BCUT2D eigenvalue weighted by molar-refractivity contribution is 1.33. The molecule has 0 aliphatic heterocycles. The summed E-state index contributed by atoms with van der Waals surface area (Å²) in [6.07, 6.45) is 0. The maximum Gasteiger partial charge on any atom is 0.0661 e. The Bertz CT molecular complexity index is 550. The summed E-state index contributed by atoms with van der Waals surface area (Å²) in [4.78, 5) is 0. The van der Waals surface area contributed by atoms with Gasteiger partial charge in [0, 0.05) is 11.4 Å². The van der Waals surface area contributed by atoms with Crippen LogP contribution < -0.4 is 11.1 Å². The van der Waals surface area contributed by atoms with Crippen molar-refractivity contribution in [3.05, 3.63) is 52.5 Å². The second kappa shape index (κ2) is 4.68. The highest BCUT2D eigenvalue weighted by Crippen LogP contribution is 2.29. The fourth-order valence-electron chi connectivity index (χ4n) is 1.66. The number of nitrogens with one attached hydrogen (secondary N) is 1. The van der Waals surface area contributed by atoms with E-state index in [1.54, 1.807) is 6.07 Å². The Morgan fingerprint density at radius 2 is 1.82 bits per heavy atom. The Labute approximate surface area is 106 Å². The Kier molecular flexibility index (Phi) is 3.25. The number of aryl methyl sites for hydroxylation is 1. The Hall–Kier alpha value is -1.67. The van der Waals surface area contributed by atoms with Crippen molar-refractivity contribution in [3.8, 4) is 0 Å². The minimum Gasteiger partial charge on any atom is -0.399 e. The van der Waals surface area contributed by atoms with Gasteiger partial charge < -0.3 is 11.1 Å². The third kappa shape index (κ3) is 2.53. The topological polar surface area (TPSA) is 38.0 Å². The molecule has 0 aliphatic rings. The molecule has 0 aliphatic carbocycles. The van der Waals surface area contributed by atoms with E-state index in [2.05, 4.69) is 25.2 Å². The maximum absolute atomic E-state index is 6.13. The van der Waals surface area contributed by atoms with Gasteiger partial charge in [0.15, 0.2) is 0 Å². The van der Waals surface area contributed by atoms with E-state index < -0.39 is 0 Å². The van der Waals surface area contributed by atoms with Gasteiger partial charge in [-0.1, -0.05) is 23.7 Å². The molecular formula is C14H15ClN2. The van der Waals surface area contributed by atoms with Crippen molar-refractivity contribution in [2.75, 3.05) is 11.1 Å². The monoisotopic (exact) mass is 246 g/mol. The van der Waals surface area contributed by atoms with E-state index in [0.717, 1.165) is 11.4 Å². The number of rotatable bonds is 2. The molecule has 88 valence electrons. The van der Waals surface area contributed by atoms with E-state index in [4.69, 9.17) is 17.3 Å². The average Bonchev–Trinajstić information content (AvgIpc) is 2.28. The molecule has 2 rings (SSSR count). The molecule has 0 amide bonds. The van der Waals surface area contributed by atoms with Gasteiger partial charge in [0.1, 0.15) is 0 Å². The molecule has 0 atom stereocenters. The van der Waals surface area contributed by atoms with Crippen LogP contribution in [0.25, 0.3) is 0 Å². The zero-order valence-corrected chi connectivity index (χ0v) is 10.7. The van der Waals surface area contributed by atoms with E-state index in [9.17, 15) is 0 Å². The molecule has 0 saturated heterocycles. The molecule has 17 heavy (non-hydrogen) atoms. The number of hydrogen-bond acceptors (Lipinski definition) is 2. The van der Waals surface area contributed by atoms with Gasteiger partial charge in [-0.25, -0.2) is 0 Å². The summed E-state index contributed by atoms with van der Waals surface area (Å²) in [6.45, 7) is 4.17. The standard InChI is InChI=1S/C14H15ClN2/c1-9-4-3-5-13(10(9)2)17-14-7-6-11(16)8-12(14)15/h3-8,17H,16H2,1-2H3. The fraction of sp³-hybridized carbons (Fsp3) is 0.143. The number of hydrogen-bond donors (Lipinski definition) is 2. The second-order valence-electron chi connectivity index (χ2n) is 4.11. The number of nitrogens with two attached hydrogens (primary N) is 1. The zero-order chi connectivity index (χ0) is 12.4. The highest BCUT2D eigenvalue weighted by atomic mass is 35.5. The van der Waals surface area contributed by atoms with Crippen LogP contribution in [0.4, 0.5) is 17.1 Å². The molecule has 2 aromatic rings. The van der Waals surface area contributed by atoms with Gasteiger partial charge in [-0.05, 0) is 49.2 Å². The summed E-state index contributed by atoms with van der Waals surface area (Å²) in [5.74, 6) is 0. The van der Waals surface area contributed by atoms with Crippen molar-refractivity contribution in [1.29, 1.82) is 0 Å². The van der Waals surface area contributed by atoms with E-state index in [-0.39, 0.29) is 0 Å². The predicted molar refractivity (Wildman–Crippen MR) is 75.1 cm³/mol. The Morgan fingerprint density at radius 3 is 2.53 bits per heavy atom. The molecule has 0 saturated carbocycles. The first-order chi connectivity index (χ1) is 8.08. The molecule has 0 radical (unpaired) electrons. The number of benzene rings is 2. The van der Waals surface area contributed by atoms with E-state index in [1.165, 1.54) is 11.1 Å². The third-order valence-corrected chi connectivity index (χ3v) is 3.18. The molecule has 3 heteroatoms. The molecule has 0 heterocycles. The summed E-state index contributed by atoms with van der Waals surface area (Å²) >= 11 is 6.13. The summed E-state index contributed by atoms with van der Waals surface area (Å²) < 4.78 is 0. The zero-order valence-electron chi connectivity index (χ0n) is 9.92. The summed E-state index contributed by atoms with van der Waals surface area (Å²) in [5, 5.41) is 3.95. The quantitative estimate of drug-likeness (QED) is 0.776. The van der Waals surface area contributed by atoms with E-state index >= 15 is 0 Å². The molecule has 3 N–H and O–H groups in total. The molecular weight excluding hydrogens is 232 g/mol. The highest BCUT2D eigenvalue weighted by molar-refractivity contribution is 6.33. The van der Waals surface area contributed by atoms with Gasteiger partial charge >= 0.3 is 0 Å². The van der Waals surface area contributed by atoms with Crippen LogP contribution in [0.3, 0.4) is 0 Å². The van der Waals surface area contributed by atoms with Gasteiger partial charge in [0.25, 0.3) is 0 Å². The number of nitrogen functional groups attached to an aromatic ring is 1. The maximum atomic E-state index is 6.13. The summed E-state index contributed by atoms with van der Waals surface area (Å²) in [7, 11) is 0. The van der Waals surface area contributed by atoms with Crippen LogP contribution in [0.5, 0.6) is 0 Å². The summed E-state index contributed by atoms with van der Waals surface area (Å²) in [5.41, 5.74) is 10.7. The van der Waals surface area contributed by atoms with Crippen LogP contribution in [0.1, 0.15) is 11.1 Å². The van der Waals surface area contributed by atoms with Gasteiger partial charge in [0.05, 0.1) is 10.7 Å². The van der Waals surface area contributed by atoms with Crippen LogP contribution in [-0.4, -0.2) is 0 Å². The third-order valence-electron chi connectivity index (χ3n) is 2.87. The molecule has 0 spiro atoms. The molecule has 0 fully saturated rings.